The molecule has 41 heavy (non-hydrogen) atoms. The third-order valence-electron chi connectivity index (χ3n) is 8.53. The lowest BCUT2D eigenvalue weighted by atomic mass is 9.89. The number of carbonyl (C=O) groups is 4. The summed E-state index contributed by atoms with van der Waals surface area (Å²) in [7, 11) is 1.31. The van der Waals surface area contributed by atoms with Crippen LogP contribution in [0.4, 0.5) is 20.2 Å². The van der Waals surface area contributed by atoms with Gasteiger partial charge in [-0.3, -0.25) is 24.1 Å². The third-order valence-corrected chi connectivity index (χ3v) is 8.53. The number of anilines is 2. The van der Waals surface area contributed by atoms with Crippen molar-refractivity contribution in [1.29, 1.82) is 0 Å². The van der Waals surface area contributed by atoms with Gasteiger partial charge in [-0.25, -0.2) is 8.78 Å². The first-order valence-corrected chi connectivity index (χ1v) is 13.2. The van der Waals surface area contributed by atoms with E-state index in [0.29, 0.717) is 16.8 Å². The third kappa shape index (κ3) is 3.71. The summed E-state index contributed by atoms with van der Waals surface area (Å²) in [5.41, 5.74) is 1.14. The van der Waals surface area contributed by atoms with Crippen LogP contribution < -0.4 is 14.5 Å². The molecule has 13 heteroatoms. The number of alkyl halides is 1. The van der Waals surface area contributed by atoms with E-state index < -0.39 is 53.6 Å². The Balaban J connectivity index is 1.19. The standard InChI is InChI=1S/C28H24F2N4O7/c1-40-25-22-14(24(35)16(28(38)39)9-33(22)20-7-17(20)29)6-18(30)23(25)32-8-15-19(31-41-21(15)11-32)10-34-26(36)12-4-2-3-5-13(12)27(34)37/h2-6,15-17,20-21H,7-11H2,1H3,(H,38,39)/t15?,16?,17-,20+,21?/m0/s1. The van der Waals surface area contributed by atoms with Crippen LogP contribution in [0.25, 0.3) is 0 Å². The van der Waals surface area contributed by atoms with Crippen LogP contribution in [0.15, 0.2) is 35.5 Å². The van der Waals surface area contributed by atoms with Crippen molar-refractivity contribution in [3.63, 3.8) is 0 Å². The van der Waals surface area contributed by atoms with Crippen LogP contribution in [0.3, 0.4) is 0 Å². The summed E-state index contributed by atoms with van der Waals surface area (Å²) < 4.78 is 35.6. The lowest BCUT2D eigenvalue weighted by Gasteiger charge is -2.36. The molecule has 212 valence electrons. The Morgan fingerprint density at radius 3 is 2.39 bits per heavy atom. The highest BCUT2D eigenvalue weighted by Crippen LogP contribution is 2.50. The van der Waals surface area contributed by atoms with E-state index in [4.69, 9.17) is 9.57 Å². The number of rotatable bonds is 6. The number of imide groups is 1. The Kier molecular flexibility index (Phi) is 5.57. The number of carboxylic acid groups (broad SMARTS) is 1. The van der Waals surface area contributed by atoms with Crippen molar-refractivity contribution in [3.8, 4) is 5.75 Å². The van der Waals surface area contributed by atoms with Gasteiger partial charge in [0, 0.05) is 25.1 Å². The Morgan fingerprint density at radius 1 is 1.10 bits per heavy atom. The molecular formula is C28H24F2N4O7. The van der Waals surface area contributed by atoms with Crippen LogP contribution in [-0.4, -0.2) is 90.9 Å². The first-order chi connectivity index (χ1) is 19.7. The molecule has 0 radical (unpaired) electrons. The maximum absolute atomic E-state index is 15.8. The molecule has 2 fully saturated rings. The number of fused-ring (bicyclic) bond motifs is 3. The van der Waals surface area contributed by atoms with Gasteiger partial charge in [-0.2, -0.15) is 0 Å². The molecule has 5 aliphatic rings. The molecule has 4 heterocycles. The number of nitrogens with zero attached hydrogens (tertiary/aromatic N) is 4. The van der Waals surface area contributed by atoms with Crippen LogP contribution in [-0.2, 0) is 9.63 Å². The minimum atomic E-state index is -1.45. The van der Waals surface area contributed by atoms with Crippen LogP contribution in [0.2, 0.25) is 0 Å². The van der Waals surface area contributed by atoms with Crippen molar-refractivity contribution in [2.24, 2.45) is 17.0 Å². The van der Waals surface area contributed by atoms with Crippen molar-refractivity contribution < 1.29 is 42.6 Å². The lowest BCUT2D eigenvalue weighted by Crippen LogP contribution is -2.45. The van der Waals surface area contributed by atoms with Gasteiger partial charge in [-0.15, -0.1) is 0 Å². The number of oxime groups is 1. The quantitative estimate of drug-likeness (QED) is 0.413. The van der Waals surface area contributed by atoms with Gasteiger partial charge in [0.25, 0.3) is 11.8 Å². The fourth-order valence-corrected chi connectivity index (χ4v) is 6.37. The van der Waals surface area contributed by atoms with E-state index in [-0.39, 0.29) is 61.2 Å². The average Bonchev–Trinajstić information content (AvgIpc) is 3.25. The van der Waals surface area contributed by atoms with E-state index in [2.05, 4.69) is 5.16 Å². The summed E-state index contributed by atoms with van der Waals surface area (Å²) in [6.45, 7) is 0.0645. The van der Waals surface area contributed by atoms with Crippen molar-refractivity contribution >= 4 is 40.7 Å². The molecule has 1 saturated heterocycles. The Bertz CT molecular complexity index is 1540. The molecule has 1 saturated carbocycles. The fraction of sp³-hybridized carbons (Fsp3) is 0.393. The van der Waals surface area contributed by atoms with Gasteiger partial charge < -0.3 is 24.5 Å². The van der Waals surface area contributed by atoms with Crippen LogP contribution in [0, 0.1) is 17.7 Å². The molecule has 1 N–H and O–H groups in total. The fourth-order valence-electron chi connectivity index (χ4n) is 6.37. The maximum atomic E-state index is 15.8. The van der Waals surface area contributed by atoms with E-state index in [1.165, 1.54) is 12.0 Å². The number of carboxylic acids is 1. The number of ketones is 1. The van der Waals surface area contributed by atoms with E-state index in [1.54, 1.807) is 29.2 Å². The Morgan fingerprint density at radius 2 is 1.78 bits per heavy atom. The summed E-state index contributed by atoms with van der Waals surface area (Å²) in [4.78, 5) is 60.5. The van der Waals surface area contributed by atoms with Gasteiger partial charge in [0.2, 0.25) is 0 Å². The largest absolute Gasteiger partial charge is 0.492 e. The number of hydrogen-bond acceptors (Lipinski definition) is 9. The highest BCUT2D eigenvalue weighted by Gasteiger charge is 2.51. The highest BCUT2D eigenvalue weighted by molar-refractivity contribution is 6.22. The van der Waals surface area contributed by atoms with Crippen molar-refractivity contribution in [1.82, 2.24) is 4.90 Å². The van der Waals surface area contributed by atoms with Crippen molar-refractivity contribution in [3.05, 3.63) is 52.8 Å². The zero-order valence-corrected chi connectivity index (χ0v) is 21.8. The summed E-state index contributed by atoms with van der Waals surface area (Å²) in [5, 5.41) is 13.7. The Hall–Kier alpha value is -4.55. The van der Waals surface area contributed by atoms with Crippen molar-refractivity contribution in [2.45, 2.75) is 24.7 Å². The molecule has 7 rings (SSSR count). The number of aliphatic carboxylic acids is 1. The minimum absolute atomic E-state index is 0.00935. The molecule has 5 atom stereocenters. The first kappa shape index (κ1) is 25.4. The summed E-state index contributed by atoms with van der Waals surface area (Å²) in [6.07, 6.45) is -1.54. The predicted octanol–water partition coefficient (Wildman–Crippen LogP) is 2.14. The molecule has 0 bridgehead atoms. The maximum Gasteiger partial charge on any atom is 0.316 e. The topological polar surface area (TPSA) is 129 Å². The number of ether oxygens (including phenoxy) is 1. The van der Waals surface area contributed by atoms with Crippen LogP contribution in [0.1, 0.15) is 37.5 Å². The number of halogens is 2. The zero-order valence-electron chi connectivity index (χ0n) is 21.8. The second kappa shape index (κ2) is 8.98. The molecule has 2 aromatic carbocycles. The second-order valence-corrected chi connectivity index (χ2v) is 10.8. The molecule has 0 spiro atoms. The number of benzene rings is 2. The van der Waals surface area contributed by atoms with Gasteiger partial charge in [0.05, 0.1) is 54.7 Å². The number of Topliss-reactive ketones (excluding diaryl/α,β-unsaturated/α-hetero) is 1. The molecule has 3 unspecified atom stereocenters. The van der Waals surface area contributed by atoms with E-state index in [9.17, 15) is 28.7 Å². The van der Waals surface area contributed by atoms with E-state index in [1.807, 2.05) is 0 Å². The molecule has 4 aliphatic heterocycles. The van der Waals surface area contributed by atoms with Gasteiger partial charge in [0.1, 0.15) is 17.8 Å². The van der Waals surface area contributed by atoms with Gasteiger partial charge in [-0.1, -0.05) is 17.3 Å². The molecule has 1 aliphatic carbocycles. The molecular weight excluding hydrogens is 542 g/mol. The zero-order chi connectivity index (χ0) is 28.7. The van der Waals surface area contributed by atoms with E-state index in [0.717, 1.165) is 11.0 Å². The van der Waals surface area contributed by atoms with Crippen LogP contribution in [0.5, 0.6) is 5.75 Å². The van der Waals surface area contributed by atoms with E-state index >= 15 is 4.39 Å². The number of carbonyl (C=O) groups excluding carboxylic acids is 3. The molecule has 2 aromatic rings. The predicted molar refractivity (Wildman–Crippen MR) is 139 cm³/mol. The smallest absolute Gasteiger partial charge is 0.316 e. The van der Waals surface area contributed by atoms with Gasteiger partial charge in [0.15, 0.2) is 23.5 Å². The summed E-state index contributed by atoms with van der Waals surface area (Å²) >= 11 is 0. The average molecular weight is 567 g/mol. The second-order valence-electron chi connectivity index (χ2n) is 10.8. The minimum Gasteiger partial charge on any atom is -0.492 e. The summed E-state index contributed by atoms with van der Waals surface area (Å²) in [5.74, 6) is -5.59. The normalized spacial score (nSPS) is 27.9. The first-order valence-electron chi connectivity index (χ1n) is 13.2. The molecule has 2 amide bonds. The van der Waals surface area contributed by atoms with Crippen molar-refractivity contribution in [2.75, 3.05) is 43.1 Å². The molecule has 11 nitrogen and oxygen atoms in total. The monoisotopic (exact) mass is 566 g/mol. The Labute approximate surface area is 231 Å². The van der Waals surface area contributed by atoms with Gasteiger partial charge in [-0.05, 0) is 18.2 Å². The van der Waals surface area contributed by atoms with Crippen LogP contribution >= 0.6 is 0 Å². The number of methoxy groups -OCH3 is 1. The van der Waals surface area contributed by atoms with Gasteiger partial charge >= 0.3 is 5.97 Å². The number of amides is 2. The lowest BCUT2D eigenvalue weighted by molar-refractivity contribution is -0.139. The summed E-state index contributed by atoms with van der Waals surface area (Å²) in [6, 6.07) is 6.90. The number of hydrogen-bond donors (Lipinski definition) is 1. The SMILES string of the molecule is COc1c(N2CC3ON=C(CN4C(=O)c5ccccc5C4=O)C3C2)c(F)cc2c1N([C@@H]1C[C@@H]1F)CC(C(=O)O)C2=O. The highest BCUT2D eigenvalue weighted by atomic mass is 19.1. The molecule has 0 aromatic heterocycles.